The van der Waals surface area contributed by atoms with E-state index in [1.165, 1.54) is 0 Å². The Balaban J connectivity index is 1.84. The van der Waals surface area contributed by atoms with E-state index in [0.717, 1.165) is 19.4 Å². The summed E-state index contributed by atoms with van der Waals surface area (Å²) in [7, 11) is 0. The van der Waals surface area contributed by atoms with E-state index in [-0.39, 0.29) is 18.4 Å². The number of rotatable bonds is 3. The van der Waals surface area contributed by atoms with Crippen LogP contribution >= 0.6 is 0 Å². The third-order valence-electron chi connectivity index (χ3n) is 3.20. The van der Waals surface area contributed by atoms with Gasteiger partial charge in [0.2, 0.25) is 0 Å². The van der Waals surface area contributed by atoms with E-state index in [4.69, 9.17) is 5.73 Å². The Morgan fingerprint density at radius 3 is 2.31 bits per heavy atom. The van der Waals surface area contributed by atoms with Gasteiger partial charge in [0.25, 0.3) is 5.92 Å². The molecule has 1 aliphatic carbocycles. The van der Waals surface area contributed by atoms with Crippen LogP contribution in [0.1, 0.15) is 19.3 Å². The zero-order valence-electron chi connectivity index (χ0n) is 7.73. The first-order valence-corrected chi connectivity index (χ1v) is 4.86. The van der Waals surface area contributed by atoms with Gasteiger partial charge in [-0.3, -0.25) is 4.90 Å². The molecular formula is C9H16F2N2. The highest BCUT2D eigenvalue weighted by Crippen LogP contribution is 2.46. The predicted molar refractivity (Wildman–Crippen MR) is 46.7 cm³/mol. The van der Waals surface area contributed by atoms with Gasteiger partial charge in [-0.2, -0.15) is 0 Å². The fourth-order valence-corrected chi connectivity index (χ4v) is 2.02. The maximum Gasteiger partial charge on any atom is 0.261 e. The number of halogens is 2. The van der Waals surface area contributed by atoms with E-state index in [9.17, 15) is 8.78 Å². The summed E-state index contributed by atoms with van der Waals surface area (Å²) in [6.45, 7) is 1.90. The van der Waals surface area contributed by atoms with Gasteiger partial charge < -0.3 is 5.73 Å². The van der Waals surface area contributed by atoms with Crippen molar-refractivity contribution in [3.8, 4) is 0 Å². The van der Waals surface area contributed by atoms with Crippen molar-refractivity contribution in [2.45, 2.75) is 25.2 Å². The van der Waals surface area contributed by atoms with Crippen LogP contribution in [0.5, 0.6) is 0 Å². The van der Waals surface area contributed by atoms with E-state index in [1.807, 2.05) is 4.90 Å². The molecule has 0 amide bonds. The summed E-state index contributed by atoms with van der Waals surface area (Å²) in [5, 5.41) is 0. The topological polar surface area (TPSA) is 29.3 Å². The number of nitrogens with zero attached hydrogens (tertiary/aromatic N) is 1. The molecule has 0 aromatic heterocycles. The van der Waals surface area contributed by atoms with Gasteiger partial charge in [-0.25, -0.2) is 8.78 Å². The number of likely N-dealkylation sites (tertiary alicyclic amines) is 1. The number of hydrogen-bond acceptors (Lipinski definition) is 2. The Kier molecular flexibility index (Phi) is 2.07. The summed E-state index contributed by atoms with van der Waals surface area (Å²) in [6, 6.07) is 0. The Morgan fingerprint density at radius 2 is 1.92 bits per heavy atom. The summed E-state index contributed by atoms with van der Waals surface area (Å²) in [6.07, 6.45) is 2.25. The highest BCUT2D eigenvalue weighted by molar-refractivity contribution is 4.98. The molecule has 2 nitrogen and oxygen atoms in total. The fraction of sp³-hybridized carbons (Fsp3) is 1.00. The monoisotopic (exact) mass is 190 g/mol. The lowest BCUT2D eigenvalue weighted by Crippen LogP contribution is -2.34. The molecule has 1 heterocycles. The lowest BCUT2D eigenvalue weighted by atomic mass is 10.1. The van der Waals surface area contributed by atoms with Crippen molar-refractivity contribution in [3.05, 3.63) is 0 Å². The third kappa shape index (κ3) is 1.99. The molecule has 2 N–H and O–H groups in total. The summed E-state index contributed by atoms with van der Waals surface area (Å²) in [5.41, 5.74) is 5.80. The van der Waals surface area contributed by atoms with Crippen LogP contribution in [-0.2, 0) is 0 Å². The Labute approximate surface area is 77.1 Å². The molecule has 0 spiro atoms. The van der Waals surface area contributed by atoms with Crippen LogP contribution in [-0.4, -0.2) is 37.0 Å². The number of nitrogens with two attached hydrogens (primary N) is 1. The van der Waals surface area contributed by atoms with Crippen LogP contribution in [0.15, 0.2) is 0 Å². The van der Waals surface area contributed by atoms with Crippen molar-refractivity contribution in [2.24, 2.45) is 11.1 Å². The third-order valence-corrected chi connectivity index (χ3v) is 3.20. The van der Waals surface area contributed by atoms with Crippen LogP contribution in [0.25, 0.3) is 0 Å². The molecule has 2 rings (SSSR count). The summed E-state index contributed by atoms with van der Waals surface area (Å²) < 4.78 is 25.6. The van der Waals surface area contributed by atoms with Crippen LogP contribution < -0.4 is 5.73 Å². The van der Waals surface area contributed by atoms with Gasteiger partial charge >= 0.3 is 0 Å². The summed E-state index contributed by atoms with van der Waals surface area (Å²) >= 11 is 0. The standard InChI is InChI=1S/C9H16F2N2/c10-9(11)3-4-13(7-9)6-8(5-12)1-2-8/h1-7,12H2. The lowest BCUT2D eigenvalue weighted by Gasteiger charge is -2.21. The number of alkyl halides is 2. The van der Waals surface area contributed by atoms with Crippen molar-refractivity contribution >= 4 is 0 Å². The highest BCUT2D eigenvalue weighted by atomic mass is 19.3. The molecule has 2 aliphatic rings. The second-order valence-electron chi connectivity index (χ2n) is 4.52. The molecular weight excluding hydrogens is 174 g/mol. The first kappa shape index (κ1) is 9.34. The molecule has 1 saturated carbocycles. The highest BCUT2D eigenvalue weighted by Gasteiger charge is 2.46. The van der Waals surface area contributed by atoms with Gasteiger partial charge in [0.1, 0.15) is 0 Å². The minimum absolute atomic E-state index is 0.0215. The molecule has 1 aliphatic heterocycles. The smallest absolute Gasteiger partial charge is 0.261 e. The first-order valence-electron chi connectivity index (χ1n) is 4.86. The summed E-state index contributed by atoms with van der Waals surface area (Å²) in [5.74, 6) is -2.45. The van der Waals surface area contributed by atoms with Crippen LogP contribution in [0, 0.1) is 5.41 Å². The van der Waals surface area contributed by atoms with E-state index < -0.39 is 5.92 Å². The van der Waals surface area contributed by atoms with Crippen molar-refractivity contribution in [1.82, 2.24) is 4.90 Å². The van der Waals surface area contributed by atoms with Gasteiger partial charge in [0.05, 0.1) is 6.54 Å². The normalized spacial score (nSPS) is 30.7. The van der Waals surface area contributed by atoms with Crippen molar-refractivity contribution < 1.29 is 8.78 Å². The average molecular weight is 190 g/mol. The molecule has 2 fully saturated rings. The van der Waals surface area contributed by atoms with Gasteiger partial charge in [0, 0.05) is 19.5 Å². The largest absolute Gasteiger partial charge is 0.330 e. The van der Waals surface area contributed by atoms with E-state index in [2.05, 4.69) is 0 Å². The molecule has 0 unspecified atom stereocenters. The van der Waals surface area contributed by atoms with Gasteiger partial charge in [-0.15, -0.1) is 0 Å². The van der Waals surface area contributed by atoms with Gasteiger partial charge in [0.15, 0.2) is 0 Å². The molecule has 0 atom stereocenters. The Morgan fingerprint density at radius 1 is 1.23 bits per heavy atom. The summed E-state index contributed by atoms with van der Waals surface area (Å²) in [4.78, 5) is 1.86. The van der Waals surface area contributed by atoms with E-state index in [1.54, 1.807) is 0 Å². The fourth-order valence-electron chi connectivity index (χ4n) is 2.02. The second kappa shape index (κ2) is 2.89. The zero-order valence-corrected chi connectivity index (χ0v) is 7.73. The molecule has 0 bridgehead atoms. The van der Waals surface area contributed by atoms with Crippen LogP contribution in [0.3, 0.4) is 0 Å². The predicted octanol–water partition coefficient (Wildman–Crippen LogP) is 1.07. The molecule has 1 saturated heterocycles. The second-order valence-corrected chi connectivity index (χ2v) is 4.52. The Hall–Kier alpha value is -0.220. The van der Waals surface area contributed by atoms with Gasteiger partial charge in [-0.1, -0.05) is 0 Å². The maximum absolute atomic E-state index is 12.8. The molecule has 13 heavy (non-hydrogen) atoms. The van der Waals surface area contributed by atoms with Crippen molar-refractivity contribution in [3.63, 3.8) is 0 Å². The maximum atomic E-state index is 12.8. The van der Waals surface area contributed by atoms with Crippen LogP contribution in [0.4, 0.5) is 8.78 Å². The first-order chi connectivity index (χ1) is 6.05. The number of hydrogen-bond donors (Lipinski definition) is 1. The van der Waals surface area contributed by atoms with E-state index >= 15 is 0 Å². The van der Waals surface area contributed by atoms with Crippen molar-refractivity contribution in [2.75, 3.05) is 26.2 Å². The minimum Gasteiger partial charge on any atom is -0.330 e. The SMILES string of the molecule is NCC1(CN2CCC(F)(F)C2)CC1. The van der Waals surface area contributed by atoms with E-state index in [0.29, 0.717) is 13.1 Å². The Bertz CT molecular complexity index is 202. The lowest BCUT2D eigenvalue weighted by molar-refractivity contribution is 0.0105. The molecule has 0 aromatic carbocycles. The molecule has 76 valence electrons. The molecule has 0 radical (unpaired) electrons. The minimum atomic E-state index is -2.45. The van der Waals surface area contributed by atoms with Gasteiger partial charge in [-0.05, 0) is 24.8 Å². The molecule has 4 heteroatoms. The zero-order chi connectivity index (χ0) is 9.53. The molecule has 0 aromatic rings. The van der Waals surface area contributed by atoms with Crippen LogP contribution in [0.2, 0.25) is 0 Å². The van der Waals surface area contributed by atoms with Crippen molar-refractivity contribution in [1.29, 1.82) is 0 Å². The quantitative estimate of drug-likeness (QED) is 0.721. The average Bonchev–Trinajstić information content (AvgIpc) is 2.74.